The van der Waals surface area contributed by atoms with Gasteiger partial charge in [-0.05, 0) is 19.7 Å². The van der Waals surface area contributed by atoms with Crippen molar-refractivity contribution < 1.29 is 4.58 Å². The molecule has 2 aliphatic heterocycles. The van der Waals surface area contributed by atoms with Crippen LogP contribution < -0.4 is 0 Å². The Labute approximate surface area is 140 Å². The van der Waals surface area contributed by atoms with Gasteiger partial charge in [0.2, 0.25) is 0 Å². The Bertz CT molecular complexity index is 546. The van der Waals surface area contributed by atoms with Crippen LogP contribution in [-0.4, -0.2) is 91.9 Å². The van der Waals surface area contributed by atoms with Crippen molar-refractivity contribution in [3.63, 3.8) is 0 Å². The SMILES string of the molecule is CN1CCN(/C=C(/C=[N+]2CCN(C)CC2)c2ccccc2)CC1. The van der Waals surface area contributed by atoms with Gasteiger partial charge in [-0.25, -0.2) is 4.58 Å². The molecule has 0 saturated carbocycles. The molecule has 2 fully saturated rings. The standard InChI is InChI=1S/C19H29N4/c1-20-8-12-22(13-9-20)16-19(18-6-4-3-5-7-18)17-23-14-10-21(2)11-15-23/h3-7,16-17H,8-15H2,1-2H3/q+1. The molecule has 2 aliphatic rings. The minimum Gasteiger partial charge on any atom is -0.374 e. The van der Waals surface area contributed by atoms with E-state index in [0.29, 0.717) is 0 Å². The van der Waals surface area contributed by atoms with E-state index in [2.05, 4.69) is 76.1 Å². The minimum absolute atomic E-state index is 1.11. The van der Waals surface area contributed by atoms with E-state index in [1.165, 1.54) is 11.1 Å². The topological polar surface area (TPSA) is 12.7 Å². The van der Waals surface area contributed by atoms with E-state index in [4.69, 9.17) is 0 Å². The summed E-state index contributed by atoms with van der Waals surface area (Å²) in [5, 5.41) is 0. The highest BCUT2D eigenvalue weighted by molar-refractivity contribution is 6.07. The zero-order valence-electron chi connectivity index (χ0n) is 14.5. The van der Waals surface area contributed by atoms with Crippen LogP contribution in [0.3, 0.4) is 0 Å². The zero-order valence-corrected chi connectivity index (χ0v) is 14.5. The quantitative estimate of drug-likeness (QED) is 0.781. The second-order valence-corrected chi connectivity index (χ2v) is 6.76. The number of likely N-dealkylation sites (N-methyl/N-ethyl adjacent to an activating group) is 2. The molecule has 0 radical (unpaired) electrons. The molecule has 1 aromatic rings. The fraction of sp³-hybridized carbons (Fsp3) is 0.526. The van der Waals surface area contributed by atoms with Crippen LogP contribution in [0, 0.1) is 0 Å². The van der Waals surface area contributed by atoms with Crippen LogP contribution in [0.4, 0.5) is 0 Å². The monoisotopic (exact) mass is 313 g/mol. The smallest absolute Gasteiger partial charge is 0.172 e. The van der Waals surface area contributed by atoms with Gasteiger partial charge in [-0.2, -0.15) is 0 Å². The van der Waals surface area contributed by atoms with E-state index in [1.807, 2.05) is 0 Å². The summed E-state index contributed by atoms with van der Waals surface area (Å²) in [6, 6.07) is 10.8. The van der Waals surface area contributed by atoms with Crippen molar-refractivity contribution in [3.8, 4) is 0 Å². The van der Waals surface area contributed by atoms with Crippen LogP contribution in [0.2, 0.25) is 0 Å². The fourth-order valence-corrected chi connectivity index (χ4v) is 3.11. The number of nitrogens with zero attached hydrogens (tertiary/aromatic N) is 4. The van der Waals surface area contributed by atoms with Crippen LogP contribution in [-0.2, 0) is 0 Å². The molecule has 0 aromatic heterocycles. The number of hydrogen-bond donors (Lipinski definition) is 0. The first-order valence-corrected chi connectivity index (χ1v) is 8.68. The Kier molecular flexibility index (Phi) is 5.47. The third-order valence-corrected chi connectivity index (χ3v) is 4.83. The summed E-state index contributed by atoms with van der Waals surface area (Å²) in [6.07, 6.45) is 4.72. The van der Waals surface area contributed by atoms with Gasteiger partial charge in [-0.15, -0.1) is 0 Å². The number of allylic oxidation sites excluding steroid dienone is 1. The lowest BCUT2D eigenvalue weighted by Gasteiger charge is -2.32. The van der Waals surface area contributed by atoms with E-state index in [0.717, 1.165) is 52.4 Å². The molecule has 0 bridgehead atoms. The Hall–Kier alpha value is -1.65. The number of hydrogen-bond acceptors (Lipinski definition) is 3. The summed E-state index contributed by atoms with van der Waals surface area (Å²) in [5.41, 5.74) is 2.64. The summed E-state index contributed by atoms with van der Waals surface area (Å²) >= 11 is 0. The first-order valence-electron chi connectivity index (χ1n) is 8.68. The van der Waals surface area contributed by atoms with Crippen molar-refractivity contribution in [2.24, 2.45) is 0 Å². The molecule has 0 amide bonds. The van der Waals surface area contributed by atoms with Crippen molar-refractivity contribution in [3.05, 3.63) is 42.1 Å². The summed E-state index contributed by atoms with van der Waals surface area (Å²) in [6.45, 7) is 9.04. The van der Waals surface area contributed by atoms with E-state index >= 15 is 0 Å². The number of piperazine rings is 2. The molecule has 0 N–H and O–H groups in total. The largest absolute Gasteiger partial charge is 0.374 e. The third-order valence-electron chi connectivity index (χ3n) is 4.83. The second-order valence-electron chi connectivity index (χ2n) is 6.76. The van der Waals surface area contributed by atoms with Gasteiger partial charge in [0.1, 0.15) is 0 Å². The molecule has 2 heterocycles. The molecular weight excluding hydrogens is 284 g/mol. The van der Waals surface area contributed by atoms with Crippen LogP contribution >= 0.6 is 0 Å². The van der Waals surface area contributed by atoms with E-state index in [9.17, 15) is 0 Å². The maximum Gasteiger partial charge on any atom is 0.172 e. The fourth-order valence-electron chi connectivity index (χ4n) is 3.11. The highest BCUT2D eigenvalue weighted by Gasteiger charge is 2.17. The molecule has 124 valence electrons. The molecule has 0 atom stereocenters. The first-order chi connectivity index (χ1) is 11.2. The lowest BCUT2D eigenvalue weighted by molar-refractivity contribution is -0.533. The predicted octanol–water partition coefficient (Wildman–Crippen LogP) is 1.30. The molecular formula is C19H29N4+. The average Bonchev–Trinajstić information content (AvgIpc) is 2.59. The average molecular weight is 313 g/mol. The number of rotatable bonds is 3. The first kappa shape index (κ1) is 16.2. The molecule has 0 spiro atoms. The minimum atomic E-state index is 1.11. The molecule has 2 saturated heterocycles. The van der Waals surface area contributed by atoms with Crippen molar-refractivity contribution >= 4 is 11.8 Å². The molecule has 4 heteroatoms. The Balaban J connectivity index is 1.81. The van der Waals surface area contributed by atoms with Gasteiger partial charge in [0.25, 0.3) is 0 Å². The van der Waals surface area contributed by atoms with Crippen molar-refractivity contribution in [1.29, 1.82) is 0 Å². The molecule has 0 unspecified atom stereocenters. The van der Waals surface area contributed by atoms with Gasteiger partial charge < -0.3 is 9.80 Å². The van der Waals surface area contributed by atoms with Crippen LogP contribution in [0.25, 0.3) is 5.57 Å². The molecule has 23 heavy (non-hydrogen) atoms. The lowest BCUT2D eigenvalue weighted by Crippen LogP contribution is -2.42. The Morgan fingerprint density at radius 3 is 2.13 bits per heavy atom. The summed E-state index contributed by atoms with van der Waals surface area (Å²) in [4.78, 5) is 7.27. The van der Waals surface area contributed by atoms with Crippen LogP contribution in [0.5, 0.6) is 0 Å². The van der Waals surface area contributed by atoms with Gasteiger partial charge in [0.05, 0.1) is 18.7 Å². The second kappa shape index (κ2) is 7.75. The lowest BCUT2D eigenvalue weighted by atomic mass is 10.1. The molecule has 0 aliphatic carbocycles. The van der Waals surface area contributed by atoms with Gasteiger partial charge >= 0.3 is 0 Å². The van der Waals surface area contributed by atoms with Crippen LogP contribution in [0.15, 0.2) is 36.5 Å². The zero-order chi connectivity index (χ0) is 16.1. The summed E-state index contributed by atoms with van der Waals surface area (Å²) < 4.78 is 2.47. The normalized spacial score (nSPS) is 21.6. The number of benzene rings is 1. The van der Waals surface area contributed by atoms with E-state index < -0.39 is 0 Å². The van der Waals surface area contributed by atoms with Crippen LogP contribution in [0.1, 0.15) is 5.56 Å². The molecule has 3 rings (SSSR count). The van der Waals surface area contributed by atoms with E-state index in [-0.39, 0.29) is 0 Å². The summed E-state index contributed by atoms with van der Waals surface area (Å²) in [7, 11) is 4.41. The molecule has 1 aromatic carbocycles. The van der Waals surface area contributed by atoms with Crippen molar-refractivity contribution in [1.82, 2.24) is 14.7 Å². The highest BCUT2D eigenvalue weighted by atomic mass is 15.2. The molecule has 4 nitrogen and oxygen atoms in total. The Morgan fingerprint density at radius 1 is 0.870 bits per heavy atom. The predicted molar refractivity (Wildman–Crippen MR) is 97.0 cm³/mol. The van der Waals surface area contributed by atoms with Gasteiger partial charge in [-0.3, -0.25) is 4.90 Å². The van der Waals surface area contributed by atoms with Crippen molar-refractivity contribution in [2.45, 2.75) is 0 Å². The third kappa shape index (κ3) is 4.66. The van der Waals surface area contributed by atoms with Crippen molar-refractivity contribution in [2.75, 3.05) is 66.5 Å². The van der Waals surface area contributed by atoms with Gasteiger partial charge in [0, 0.05) is 32.4 Å². The highest BCUT2D eigenvalue weighted by Crippen LogP contribution is 2.14. The maximum atomic E-state index is 2.47. The van der Waals surface area contributed by atoms with E-state index in [1.54, 1.807) is 0 Å². The van der Waals surface area contributed by atoms with Gasteiger partial charge in [-0.1, -0.05) is 30.3 Å². The van der Waals surface area contributed by atoms with Gasteiger partial charge in [0.15, 0.2) is 19.3 Å². The Morgan fingerprint density at radius 2 is 1.48 bits per heavy atom. The summed E-state index contributed by atoms with van der Waals surface area (Å²) in [5.74, 6) is 0. The maximum absolute atomic E-state index is 2.47.